The normalized spacial score (nSPS) is 30.1. The Morgan fingerprint density at radius 2 is 2.35 bits per heavy atom. The van der Waals surface area contributed by atoms with Crippen LogP contribution in [0.15, 0.2) is 16.6 Å². The van der Waals surface area contributed by atoms with Crippen molar-refractivity contribution in [1.82, 2.24) is 4.98 Å². The molecule has 17 heavy (non-hydrogen) atoms. The van der Waals surface area contributed by atoms with Gasteiger partial charge in [0.1, 0.15) is 5.76 Å². The molecule has 0 spiro atoms. The van der Waals surface area contributed by atoms with Crippen LogP contribution >= 0.6 is 0 Å². The topological polar surface area (TPSA) is 63.3 Å². The van der Waals surface area contributed by atoms with Gasteiger partial charge < -0.3 is 9.52 Å². The Labute approximate surface area is 99.3 Å². The highest BCUT2D eigenvalue weighted by Gasteiger charge is 2.39. The smallest absolute Gasteiger partial charge is 0.309 e. The van der Waals surface area contributed by atoms with E-state index in [4.69, 9.17) is 9.52 Å². The summed E-state index contributed by atoms with van der Waals surface area (Å²) in [5, 5.41) is 8.78. The largest absolute Gasteiger partial charge is 0.481 e. The maximum atomic E-state index is 10.7. The van der Waals surface area contributed by atoms with Gasteiger partial charge in [0.2, 0.25) is 0 Å². The van der Waals surface area contributed by atoms with Gasteiger partial charge in [0.15, 0.2) is 5.89 Å². The molecule has 1 aromatic rings. The van der Waals surface area contributed by atoms with E-state index in [1.54, 1.807) is 6.92 Å². The van der Waals surface area contributed by atoms with Crippen LogP contribution in [0.3, 0.4) is 0 Å². The Hall–Kier alpha value is -1.58. The lowest BCUT2D eigenvalue weighted by Gasteiger charge is -2.13. The molecule has 90 valence electrons. The SMILES string of the molecule is Cc1oc([C@@H]2C[C@@H]3C=C[C@H]2C3)nc1CC(=O)O. The van der Waals surface area contributed by atoms with Crippen molar-refractivity contribution in [3.8, 4) is 0 Å². The molecule has 2 aliphatic carbocycles. The molecular formula is C13H15NO3. The third-order valence-corrected chi connectivity index (χ3v) is 3.82. The second-order valence-corrected chi connectivity index (χ2v) is 5.01. The first-order chi connectivity index (χ1) is 8.13. The predicted molar refractivity (Wildman–Crippen MR) is 60.7 cm³/mol. The molecule has 3 rings (SSSR count). The summed E-state index contributed by atoms with van der Waals surface area (Å²) in [7, 11) is 0. The summed E-state index contributed by atoms with van der Waals surface area (Å²) in [6, 6.07) is 0. The van der Waals surface area contributed by atoms with Gasteiger partial charge in [-0.3, -0.25) is 4.79 Å². The first-order valence-electron chi connectivity index (χ1n) is 6.00. The van der Waals surface area contributed by atoms with Crippen LogP contribution < -0.4 is 0 Å². The number of hydrogen-bond acceptors (Lipinski definition) is 3. The van der Waals surface area contributed by atoms with Gasteiger partial charge in [-0.15, -0.1) is 0 Å². The minimum atomic E-state index is -0.860. The highest BCUT2D eigenvalue weighted by Crippen LogP contribution is 2.48. The van der Waals surface area contributed by atoms with E-state index in [2.05, 4.69) is 17.1 Å². The molecule has 0 saturated heterocycles. The summed E-state index contributed by atoms with van der Waals surface area (Å²) in [5.41, 5.74) is 0.569. The molecule has 0 aromatic carbocycles. The van der Waals surface area contributed by atoms with E-state index in [-0.39, 0.29) is 6.42 Å². The van der Waals surface area contributed by atoms with E-state index in [1.165, 1.54) is 6.42 Å². The summed E-state index contributed by atoms with van der Waals surface area (Å²) in [6.45, 7) is 1.79. The molecule has 0 radical (unpaired) electrons. The zero-order valence-electron chi connectivity index (χ0n) is 9.72. The fraction of sp³-hybridized carbons (Fsp3) is 0.538. The van der Waals surface area contributed by atoms with Crippen molar-refractivity contribution in [3.63, 3.8) is 0 Å². The zero-order valence-corrected chi connectivity index (χ0v) is 9.72. The van der Waals surface area contributed by atoms with Crippen LogP contribution in [0.1, 0.15) is 36.1 Å². The molecule has 2 bridgehead atoms. The van der Waals surface area contributed by atoms with E-state index in [1.807, 2.05) is 0 Å². The molecule has 1 saturated carbocycles. The number of hydrogen-bond donors (Lipinski definition) is 1. The average molecular weight is 233 g/mol. The summed E-state index contributed by atoms with van der Waals surface area (Å²) < 4.78 is 5.64. The van der Waals surface area contributed by atoms with Crippen LogP contribution in [0.25, 0.3) is 0 Å². The van der Waals surface area contributed by atoms with E-state index in [0.29, 0.717) is 29.2 Å². The second-order valence-electron chi connectivity index (χ2n) is 5.01. The summed E-state index contributed by atoms with van der Waals surface area (Å²) in [4.78, 5) is 15.1. The number of oxazole rings is 1. The van der Waals surface area contributed by atoms with Crippen molar-refractivity contribution >= 4 is 5.97 Å². The van der Waals surface area contributed by atoms with Crippen LogP contribution in [-0.4, -0.2) is 16.1 Å². The van der Waals surface area contributed by atoms with Crippen molar-refractivity contribution in [2.45, 2.75) is 32.1 Å². The number of aliphatic carboxylic acids is 1. The maximum absolute atomic E-state index is 10.7. The van der Waals surface area contributed by atoms with Crippen molar-refractivity contribution in [3.05, 3.63) is 29.5 Å². The highest BCUT2D eigenvalue weighted by molar-refractivity contribution is 5.69. The molecule has 2 aliphatic rings. The summed E-state index contributed by atoms with van der Waals surface area (Å²) in [6.07, 6.45) is 6.75. The van der Waals surface area contributed by atoms with Gasteiger partial charge in [0.05, 0.1) is 12.1 Å². The third-order valence-electron chi connectivity index (χ3n) is 3.82. The van der Waals surface area contributed by atoms with Gasteiger partial charge in [0.25, 0.3) is 0 Å². The highest BCUT2D eigenvalue weighted by atomic mass is 16.4. The molecule has 1 N–H and O–H groups in total. The fourth-order valence-corrected chi connectivity index (χ4v) is 2.98. The number of allylic oxidation sites excluding steroid dienone is 2. The monoisotopic (exact) mass is 233 g/mol. The molecule has 4 nitrogen and oxygen atoms in total. The molecule has 0 unspecified atom stereocenters. The van der Waals surface area contributed by atoms with Gasteiger partial charge in [0, 0.05) is 5.92 Å². The first-order valence-corrected chi connectivity index (χ1v) is 6.00. The number of carboxylic acid groups (broad SMARTS) is 1. The van der Waals surface area contributed by atoms with Crippen molar-refractivity contribution < 1.29 is 14.3 Å². The van der Waals surface area contributed by atoms with Crippen LogP contribution in [0.4, 0.5) is 0 Å². The molecule has 1 fully saturated rings. The fourth-order valence-electron chi connectivity index (χ4n) is 2.98. The van der Waals surface area contributed by atoms with E-state index < -0.39 is 5.97 Å². The zero-order chi connectivity index (χ0) is 12.0. The molecule has 1 aromatic heterocycles. The lowest BCUT2D eigenvalue weighted by molar-refractivity contribution is -0.136. The number of carboxylic acids is 1. The minimum absolute atomic E-state index is 0.0496. The van der Waals surface area contributed by atoms with Crippen molar-refractivity contribution in [1.29, 1.82) is 0 Å². The predicted octanol–water partition coefficient (Wildman–Crippen LogP) is 2.29. The van der Waals surface area contributed by atoms with Crippen LogP contribution in [-0.2, 0) is 11.2 Å². The van der Waals surface area contributed by atoms with E-state index >= 15 is 0 Å². The minimum Gasteiger partial charge on any atom is -0.481 e. The Morgan fingerprint density at radius 3 is 2.94 bits per heavy atom. The number of nitrogens with zero attached hydrogens (tertiary/aromatic N) is 1. The summed E-state index contributed by atoms with van der Waals surface area (Å²) >= 11 is 0. The molecule has 0 aliphatic heterocycles. The Morgan fingerprint density at radius 1 is 1.53 bits per heavy atom. The van der Waals surface area contributed by atoms with E-state index in [0.717, 1.165) is 12.3 Å². The standard InChI is InChI=1S/C13H15NO3/c1-7-11(6-12(15)16)14-13(17-7)10-5-8-2-3-9(10)4-8/h2-3,8-10H,4-6H2,1H3,(H,15,16)/t8-,9+,10-/m1/s1. The van der Waals surface area contributed by atoms with Crippen LogP contribution in [0.2, 0.25) is 0 Å². The van der Waals surface area contributed by atoms with Crippen LogP contribution in [0, 0.1) is 18.8 Å². The lowest BCUT2D eigenvalue weighted by Crippen LogP contribution is -2.06. The molecular weight excluding hydrogens is 218 g/mol. The van der Waals surface area contributed by atoms with Gasteiger partial charge in [-0.05, 0) is 31.6 Å². The van der Waals surface area contributed by atoms with E-state index in [9.17, 15) is 4.79 Å². The van der Waals surface area contributed by atoms with Crippen molar-refractivity contribution in [2.75, 3.05) is 0 Å². The number of aryl methyl sites for hydroxylation is 1. The number of carbonyl (C=O) groups is 1. The van der Waals surface area contributed by atoms with Gasteiger partial charge in [-0.1, -0.05) is 12.2 Å². The number of fused-ring (bicyclic) bond motifs is 2. The first kappa shape index (κ1) is 10.6. The average Bonchev–Trinajstić information content (AvgIpc) is 2.93. The third kappa shape index (κ3) is 1.77. The van der Waals surface area contributed by atoms with Gasteiger partial charge in [-0.25, -0.2) is 4.98 Å². The second kappa shape index (κ2) is 3.72. The maximum Gasteiger partial charge on any atom is 0.309 e. The van der Waals surface area contributed by atoms with Gasteiger partial charge >= 0.3 is 5.97 Å². The summed E-state index contributed by atoms with van der Waals surface area (Å²) in [5.74, 6) is 2.08. The molecule has 3 atom stereocenters. The number of aromatic nitrogens is 1. The quantitative estimate of drug-likeness (QED) is 0.813. The Bertz CT molecular complexity index is 489. The Kier molecular flexibility index (Phi) is 2.31. The van der Waals surface area contributed by atoms with Gasteiger partial charge in [-0.2, -0.15) is 0 Å². The molecule has 4 heteroatoms. The Balaban J connectivity index is 1.84. The van der Waals surface area contributed by atoms with Crippen molar-refractivity contribution in [2.24, 2.45) is 11.8 Å². The van der Waals surface area contributed by atoms with Crippen LogP contribution in [0.5, 0.6) is 0 Å². The lowest BCUT2D eigenvalue weighted by atomic mass is 9.94. The number of rotatable bonds is 3. The molecule has 1 heterocycles. The molecule has 0 amide bonds.